The smallest absolute Gasteiger partial charge is 0.334 e. The number of esters is 3. The highest BCUT2D eigenvalue weighted by Crippen LogP contribution is 2.32. The Labute approximate surface area is 218 Å². The summed E-state index contributed by atoms with van der Waals surface area (Å²) >= 11 is 0. The zero-order valence-corrected chi connectivity index (χ0v) is 23.2. The van der Waals surface area contributed by atoms with Gasteiger partial charge in [0.1, 0.15) is 6.61 Å². The number of aliphatic hydroxyl groups is 1. The van der Waals surface area contributed by atoms with Gasteiger partial charge in [-0.1, -0.05) is 76.7 Å². The van der Waals surface area contributed by atoms with Crippen molar-refractivity contribution in [1.29, 1.82) is 0 Å². The molecule has 208 valence electrons. The van der Waals surface area contributed by atoms with E-state index >= 15 is 0 Å². The fourth-order valence-electron chi connectivity index (χ4n) is 4.18. The molecular formula is C29H50O7. The molecule has 1 heterocycles. The summed E-state index contributed by atoms with van der Waals surface area (Å²) < 4.78 is 15.7. The van der Waals surface area contributed by atoms with Crippen LogP contribution in [0.1, 0.15) is 124 Å². The lowest BCUT2D eigenvalue weighted by Crippen LogP contribution is -2.40. The molecule has 1 atom stereocenters. The lowest BCUT2D eigenvalue weighted by Gasteiger charge is -2.26. The lowest BCUT2D eigenvalue weighted by molar-refractivity contribution is -0.171. The summed E-state index contributed by atoms with van der Waals surface area (Å²) in [7, 11) is 0. The van der Waals surface area contributed by atoms with Gasteiger partial charge >= 0.3 is 17.9 Å². The average Bonchev–Trinajstić information content (AvgIpc) is 3.14. The predicted molar refractivity (Wildman–Crippen MR) is 140 cm³/mol. The molecule has 0 spiro atoms. The van der Waals surface area contributed by atoms with Crippen molar-refractivity contribution >= 4 is 17.9 Å². The largest absolute Gasteiger partial charge is 0.466 e. The van der Waals surface area contributed by atoms with Crippen LogP contribution in [0.25, 0.3) is 0 Å². The third kappa shape index (κ3) is 14.0. The number of carbonyl (C=O) groups is 3. The third-order valence-corrected chi connectivity index (χ3v) is 6.50. The van der Waals surface area contributed by atoms with Crippen LogP contribution in [0, 0.1) is 5.41 Å². The van der Waals surface area contributed by atoms with Crippen LogP contribution in [0.2, 0.25) is 0 Å². The van der Waals surface area contributed by atoms with E-state index in [0.717, 1.165) is 32.1 Å². The number of ether oxygens (including phenoxy) is 3. The maximum Gasteiger partial charge on any atom is 0.334 e. The molecule has 7 nitrogen and oxygen atoms in total. The highest BCUT2D eigenvalue weighted by atomic mass is 16.6. The van der Waals surface area contributed by atoms with E-state index in [1.54, 1.807) is 20.8 Å². The SMILES string of the molecule is CC(=O)OCCCCCCCCCCCCCCC/C=C1\CC(CO)(COC(=O)C(C)(C)C)OC1=O. The molecule has 36 heavy (non-hydrogen) atoms. The van der Waals surface area contributed by atoms with Crippen molar-refractivity contribution < 1.29 is 33.7 Å². The van der Waals surface area contributed by atoms with Crippen LogP contribution in [-0.2, 0) is 28.6 Å². The number of carbonyl (C=O) groups excluding carboxylic acids is 3. The van der Waals surface area contributed by atoms with Crippen molar-refractivity contribution in [3.63, 3.8) is 0 Å². The van der Waals surface area contributed by atoms with Gasteiger partial charge in [-0.25, -0.2) is 4.79 Å². The van der Waals surface area contributed by atoms with Gasteiger partial charge in [0.2, 0.25) is 0 Å². The molecule has 0 aromatic carbocycles. The van der Waals surface area contributed by atoms with Gasteiger partial charge in [0.15, 0.2) is 5.60 Å². The van der Waals surface area contributed by atoms with Gasteiger partial charge in [-0.05, 0) is 40.0 Å². The third-order valence-electron chi connectivity index (χ3n) is 6.50. The Morgan fingerprint density at radius 3 is 1.86 bits per heavy atom. The minimum absolute atomic E-state index is 0.125. The lowest BCUT2D eigenvalue weighted by atomic mass is 9.96. The number of hydrogen-bond acceptors (Lipinski definition) is 7. The monoisotopic (exact) mass is 510 g/mol. The molecule has 7 heteroatoms. The second-order valence-electron chi connectivity index (χ2n) is 11.2. The van der Waals surface area contributed by atoms with Crippen LogP contribution in [0.3, 0.4) is 0 Å². The molecule has 1 N–H and O–H groups in total. The Balaban J connectivity index is 2.04. The second kappa shape index (κ2) is 17.5. The van der Waals surface area contributed by atoms with Gasteiger partial charge in [0.05, 0.1) is 18.6 Å². The zero-order chi connectivity index (χ0) is 26.9. The highest BCUT2D eigenvalue weighted by Gasteiger charge is 2.45. The first-order valence-electron chi connectivity index (χ1n) is 13.9. The van der Waals surface area contributed by atoms with Crippen molar-refractivity contribution in [3.05, 3.63) is 11.6 Å². The Morgan fingerprint density at radius 1 is 0.889 bits per heavy atom. The zero-order valence-electron chi connectivity index (χ0n) is 23.2. The molecule has 0 radical (unpaired) electrons. The summed E-state index contributed by atoms with van der Waals surface area (Å²) in [5.74, 6) is -0.988. The van der Waals surface area contributed by atoms with Crippen molar-refractivity contribution in [2.75, 3.05) is 19.8 Å². The number of aliphatic hydroxyl groups excluding tert-OH is 1. The molecule has 1 aliphatic heterocycles. The molecule has 1 aliphatic rings. The number of hydrogen-bond donors (Lipinski definition) is 1. The van der Waals surface area contributed by atoms with Gasteiger partial charge in [-0.2, -0.15) is 0 Å². The van der Waals surface area contributed by atoms with E-state index in [4.69, 9.17) is 14.2 Å². The standard InChI is InChI=1S/C29H50O7/c1-24(31)34-20-18-16-14-12-10-8-6-5-7-9-11-13-15-17-19-25-21-29(22-30,36-26(25)32)23-35-27(33)28(2,3)4/h19,30H,5-18,20-23H2,1-4H3/b25-19+. The van der Waals surface area contributed by atoms with Crippen molar-refractivity contribution in [3.8, 4) is 0 Å². The van der Waals surface area contributed by atoms with Crippen molar-refractivity contribution in [2.45, 2.75) is 130 Å². The van der Waals surface area contributed by atoms with Crippen LogP contribution in [0.15, 0.2) is 11.6 Å². The maximum absolute atomic E-state index is 12.2. The molecular weight excluding hydrogens is 460 g/mol. The van der Waals surface area contributed by atoms with Gasteiger partial charge < -0.3 is 19.3 Å². The normalized spacial score (nSPS) is 18.9. The quantitative estimate of drug-likeness (QED) is 0.0955. The Hall–Kier alpha value is -1.89. The molecule has 0 amide bonds. The van der Waals surface area contributed by atoms with Crippen molar-refractivity contribution in [1.82, 2.24) is 0 Å². The van der Waals surface area contributed by atoms with Crippen LogP contribution in [0.4, 0.5) is 0 Å². The molecule has 0 aliphatic carbocycles. The number of rotatable bonds is 19. The fraction of sp³-hybridized carbons (Fsp3) is 0.828. The Bertz CT molecular complexity index is 692. The first kappa shape index (κ1) is 32.1. The van der Waals surface area contributed by atoms with E-state index in [0.29, 0.717) is 12.2 Å². The van der Waals surface area contributed by atoms with E-state index in [2.05, 4.69) is 0 Å². The van der Waals surface area contributed by atoms with Crippen molar-refractivity contribution in [2.24, 2.45) is 5.41 Å². The van der Waals surface area contributed by atoms with Gasteiger partial charge in [0, 0.05) is 18.9 Å². The average molecular weight is 511 g/mol. The molecule has 1 unspecified atom stereocenters. The van der Waals surface area contributed by atoms with Gasteiger partial charge in [-0.15, -0.1) is 0 Å². The summed E-state index contributed by atoms with van der Waals surface area (Å²) in [6.45, 7) is 6.79. The van der Waals surface area contributed by atoms with E-state index in [-0.39, 0.29) is 31.6 Å². The molecule has 1 saturated heterocycles. The van der Waals surface area contributed by atoms with E-state index in [1.165, 1.54) is 64.7 Å². The first-order chi connectivity index (χ1) is 17.1. The van der Waals surface area contributed by atoms with E-state index in [1.807, 2.05) is 6.08 Å². The molecule has 0 saturated carbocycles. The second-order valence-corrected chi connectivity index (χ2v) is 11.2. The minimum atomic E-state index is -1.16. The predicted octanol–water partition coefficient (Wildman–Crippen LogP) is 6.20. The summed E-state index contributed by atoms with van der Waals surface area (Å²) in [6.07, 6.45) is 18.7. The van der Waals surface area contributed by atoms with E-state index < -0.39 is 17.0 Å². The summed E-state index contributed by atoms with van der Waals surface area (Å²) in [5, 5.41) is 9.79. The van der Waals surface area contributed by atoms with Crippen LogP contribution < -0.4 is 0 Å². The molecule has 1 fully saturated rings. The van der Waals surface area contributed by atoms with Crippen LogP contribution >= 0.6 is 0 Å². The van der Waals surface area contributed by atoms with Crippen LogP contribution in [-0.4, -0.2) is 48.4 Å². The summed E-state index contributed by atoms with van der Waals surface area (Å²) in [4.78, 5) is 35.0. The number of cyclic esters (lactones) is 1. The van der Waals surface area contributed by atoms with Gasteiger partial charge in [0.25, 0.3) is 0 Å². The maximum atomic E-state index is 12.2. The van der Waals surface area contributed by atoms with E-state index in [9.17, 15) is 19.5 Å². The summed E-state index contributed by atoms with van der Waals surface area (Å²) in [6, 6.07) is 0. The number of unbranched alkanes of at least 4 members (excludes halogenated alkanes) is 13. The fourth-order valence-corrected chi connectivity index (χ4v) is 4.18. The van der Waals surface area contributed by atoms with Crippen LogP contribution in [0.5, 0.6) is 0 Å². The topological polar surface area (TPSA) is 99.1 Å². The Morgan fingerprint density at radius 2 is 1.39 bits per heavy atom. The Kier molecular flexibility index (Phi) is 15.7. The molecule has 1 rings (SSSR count). The molecule has 0 aromatic heterocycles. The van der Waals surface area contributed by atoms with Gasteiger partial charge in [-0.3, -0.25) is 9.59 Å². The number of allylic oxidation sites excluding steroid dienone is 1. The highest BCUT2D eigenvalue weighted by molar-refractivity contribution is 5.91. The molecule has 0 aromatic rings. The minimum Gasteiger partial charge on any atom is -0.466 e. The molecule has 0 bridgehead atoms. The summed E-state index contributed by atoms with van der Waals surface area (Å²) in [5.41, 5.74) is -1.23. The first-order valence-corrected chi connectivity index (χ1v) is 13.9.